The van der Waals surface area contributed by atoms with Gasteiger partial charge in [0, 0.05) is 24.5 Å². The quantitative estimate of drug-likeness (QED) is 0.326. The molecule has 1 fully saturated rings. The molecular weight excluding hydrogens is 436 g/mol. The maximum Gasteiger partial charge on any atom is 0.295 e. The Hall–Kier alpha value is -4.33. The highest BCUT2D eigenvalue weighted by Crippen LogP contribution is 2.42. The van der Waals surface area contributed by atoms with Crippen molar-refractivity contribution >= 4 is 17.4 Å². The number of carbonyl (C=O) groups is 2. The van der Waals surface area contributed by atoms with Gasteiger partial charge in [-0.05, 0) is 47.5 Å². The summed E-state index contributed by atoms with van der Waals surface area (Å²) >= 11 is 0. The number of ketones is 1. The number of hydrogen-bond acceptors (Lipinski definition) is 7. The number of carbonyl (C=O) groups excluding carboxylic acids is 2. The molecule has 1 amide bonds. The number of aromatic nitrogens is 1. The monoisotopic (exact) mass is 460 g/mol. The normalized spacial score (nSPS) is 17.0. The predicted octanol–water partition coefficient (Wildman–Crippen LogP) is 3.73. The van der Waals surface area contributed by atoms with Gasteiger partial charge in [-0.2, -0.15) is 0 Å². The molecule has 3 aromatic rings. The number of Topliss-reactive ketones (excluding diaryl/α,β-unsaturated/α-hetero) is 1. The fraction of sp³-hybridized carbons (Fsp3) is 0.192. The minimum absolute atomic E-state index is 0.0191. The van der Waals surface area contributed by atoms with Crippen molar-refractivity contribution in [1.82, 2.24) is 9.88 Å². The van der Waals surface area contributed by atoms with Gasteiger partial charge in [-0.25, -0.2) is 0 Å². The van der Waals surface area contributed by atoms with E-state index in [1.807, 2.05) is 6.07 Å². The molecular formula is C26H24N2O6. The molecule has 1 atom stereocenters. The Morgan fingerprint density at radius 2 is 1.76 bits per heavy atom. The Balaban J connectivity index is 1.88. The minimum atomic E-state index is -0.830. The van der Waals surface area contributed by atoms with E-state index in [2.05, 4.69) is 4.98 Å². The molecule has 0 radical (unpaired) electrons. The molecule has 34 heavy (non-hydrogen) atoms. The number of methoxy groups -OCH3 is 3. The number of aliphatic hydroxyl groups excluding tert-OH is 1. The smallest absolute Gasteiger partial charge is 0.295 e. The molecule has 1 unspecified atom stereocenters. The summed E-state index contributed by atoms with van der Waals surface area (Å²) in [4.78, 5) is 31.9. The Morgan fingerprint density at radius 1 is 0.971 bits per heavy atom. The van der Waals surface area contributed by atoms with E-state index < -0.39 is 17.7 Å². The number of nitrogens with zero attached hydrogens (tertiary/aromatic N) is 2. The van der Waals surface area contributed by atoms with Crippen molar-refractivity contribution in [2.75, 3.05) is 21.3 Å². The number of benzene rings is 2. The van der Waals surface area contributed by atoms with Crippen molar-refractivity contribution in [2.45, 2.75) is 12.6 Å². The molecule has 174 valence electrons. The van der Waals surface area contributed by atoms with E-state index in [0.717, 1.165) is 5.56 Å². The van der Waals surface area contributed by atoms with Gasteiger partial charge in [-0.1, -0.05) is 18.2 Å². The zero-order valence-corrected chi connectivity index (χ0v) is 19.0. The van der Waals surface area contributed by atoms with Crippen molar-refractivity contribution in [1.29, 1.82) is 0 Å². The molecule has 1 saturated heterocycles. The van der Waals surface area contributed by atoms with Crippen LogP contribution in [-0.4, -0.2) is 48.0 Å². The van der Waals surface area contributed by atoms with Crippen LogP contribution in [0, 0.1) is 0 Å². The van der Waals surface area contributed by atoms with Gasteiger partial charge in [0.2, 0.25) is 0 Å². The van der Waals surface area contributed by atoms with Crippen molar-refractivity contribution < 1.29 is 28.9 Å². The van der Waals surface area contributed by atoms with E-state index in [-0.39, 0.29) is 17.9 Å². The van der Waals surface area contributed by atoms with Crippen LogP contribution in [0.2, 0.25) is 0 Å². The average Bonchev–Trinajstić information content (AvgIpc) is 3.13. The number of hydrogen-bond donors (Lipinski definition) is 1. The van der Waals surface area contributed by atoms with Gasteiger partial charge in [0.1, 0.15) is 11.5 Å². The third-order valence-corrected chi connectivity index (χ3v) is 5.68. The number of ether oxygens (including phenoxy) is 3. The molecule has 0 saturated carbocycles. The Labute approximate surface area is 197 Å². The minimum Gasteiger partial charge on any atom is -0.507 e. The summed E-state index contributed by atoms with van der Waals surface area (Å²) < 4.78 is 15.9. The van der Waals surface area contributed by atoms with Crippen LogP contribution in [0.15, 0.2) is 72.6 Å². The van der Waals surface area contributed by atoms with E-state index in [1.54, 1.807) is 60.9 Å². The lowest BCUT2D eigenvalue weighted by Gasteiger charge is -2.25. The van der Waals surface area contributed by atoms with Crippen LogP contribution in [0.25, 0.3) is 5.76 Å². The number of rotatable bonds is 7. The van der Waals surface area contributed by atoms with Crippen LogP contribution in [0.1, 0.15) is 22.7 Å². The van der Waals surface area contributed by atoms with Crippen LogP contribution < -0.4 is 14.2 Å². The molecule has 0 aliphatic carbocycles. The number of likely N-dealkylation sites (tertiary alicyclic amines) is 1. The first-order chi connectivity index (χ1) is 16.5. The summed E-state index contributed by atoms with van der Waals surface area (Å²) in [5.41, 5.74) is 1.69. The topological polar surface area (TPSA) is 98.2 Å². The molecule has 1 N–H and O–H groups in total. The molecule has 1 aliphatic heterocycles. The standard InChI is InChI=1S/C26H24N2O6/c1-32-19-8-4-7-17(12-19)23-22(24(29)18-9-10-20(33-2)21(13-18)34-3)25(30)26(31)28(23)15-16-6-5-11-27-14-16/h4-14,23,29H,15H2,1-3H3/b24-22-. The Bertz CT molecular complexity index is 1260. The summed E-state index contributed by atoms with van der Waals surface area (Å²) in [6, 6.07) is 14.6. The van der Waals surface area contributed by atoms with Crippen molar-refractivity contribution in [2.24, 2.45) is 0 Å². The zero-order valence-electron chi connectivity index (χ0n) is 19.0. The first-order valence-corrected chi connectivity index (χ1v) is 10.5. The van der Waals surface area contributed by atoms with Gasteiger partial charge < -0.3 is 24.2 Å². The van der Waals surface area contributed by atoms with E-state index in [4.69, 9.17) is 14.2 Å². The molecule has 2 heterocycles. The summed E-state index contributed by atoms with van der Waals surface area (Å²) in [7, 11) is 4.52. The fourth-order valence-electron chi connectivity index (χ4n) is 4.03. The van der Waals surface area contributed by atoms with Crippen LogP contribution in [-0.2, 0) is 16.1 Å². The lowest BCUT2D eigenvalue weighted by atomic mass is 9.95. The van der Waals surface area contributed by atoms with Crippen LogP contribution in [0.4, 0.5) is 0 Å². The van der Waals surface area contributed by atoms with Gasteiger partial charge >= 0.3 is 0 Å². The molecule has 4 rings (SSSR count). The number of pyridine rings is 1. The molecule has 8 nitrogen and oxygen atoms in total. The summed E-state index contributed by atoms with van der Waals surface area (Å²) in [6.45, 7) is 0.142. The molecule has 1 aromatic heterocycles. The van der Waals surface area contributed by atoms with Gasteiger partial charge in [-0.3, -0.25) is 14.6 Å². The lowest BCUT2D eigenvalue weighted by molar-refractivity contribution is -0.140. The fourth-order valence-corrected chi connectivity index (χ4v) is 4.03. The lowest BCUT2D eigenvalue weighted by Crippen LogP contribution is -2.29. The summed E-state index contributed by atoms with van der Waals surface area (Å²) in [6.07, 6.45) is 3.27. The SMILES string of the molecule is COc1cccc(C2/C(=C(/O)c3ccc(OC)c(OC)c3)C(=O)C(=O)N2Cc2cccnc2)c1. The van der Waals surface area contributed by atoms with E-state index in [9.17, 15) is 14.7 Å². The molecule has 2 aromatic carbocycles. The Kier molecular flexibility index (Phi) is 6.49. The average molecular weight is 460 g/mol. The van der Waals surface area contributed by atoms with Gasteiger partial charge in [0.05, 0.1) is 32.9 Å². The maximum absolute atomic E-state index is 13.2. The molecule has 0 bridgehead atoms. The summed E-state index contributed by atoms with van der Waals surface area (Å²) in [5, 5.41) is 11.3. The number of amides is 1. The predicted molar refractivity (Wildman–Crippen MR) is 125 cm³/mol. The number of aliphatic hydroxyl groups is 1. The van der Waals surface area contributed by atoms with Gasteiger partial charge in [0.15, 0.2) is 11.5 Å². The highest BCUT2D eigenvalue weighted by atomic mass is 16.5. The first kappa shape index (κ1) is 22.8. The molecule has 0 spiro atoms. The first-order valence-electron chi connectivity index (χ1n) is 10.5. The zero-order chi connectivity index (χ0) is 24.2. The van der Waals surface area contributed by atoms with Gasteiger partial charge in [0.25, 0.3) is 11.7 Å². The van der Waals surface area contributed by atoms with Crippen LogP contribution in [0.5, 0.6) is 17.2 Å². The van der Waals surface area contributed by atoms with Gasteiger partial charge in [-0.15, -0.1) is 0 Å². The second kappa shape index (κ2) is 9.66. The summed E-state index contributed by atoms with van der Waals surface area (Å²) in [5.74, 6) is -0.367. The van der Waals surface area contributed by atoms with E-state index >= 15 is 0 Å². The maximum atomic E-state index is 13.2. The van der Waals surface area contributed by atoms with E-state index in [0.29, 0.717) is 28.4 Å². The van der Waals surface area contributed by atoms with Crippen LogP contribution >= 0.6 is 0 Å². The van der Waals surface area contributed by atoms with E-state index in [1.165, 1.54) is 26.2 Å². The third-order valence-electron chi connectivity index (χ3n) is 5.68. The second-order valence-electron chi connectivity index (χ2n) is 7.63. The van der Waals surface area contributed by atoms with Crippen molar-refractivity contribution in [3.63, 3.8) is 0 Å². The highest BCUT2D eigenvalue weighted by molar-refractivity contribution is 6.46. The molecule has 8 heteroatoms. The van der Waals surface area contributed by atoms with Crippen molar-refractivity contribution in [3.8, 4) is 17.2 Å². The highest BCUT2D eigenvalue weighted by Gasteiger charge is 2.46. The van der Waals surface area contributed by atoms with Crippen LogP contribution in [0.3, 0.4) is 0 Å². The largest absolute Gasteiger partial charge is 0.507 e. The molecule has 1 aliphatic rings. The third kappa shape index (κ3) is 4.17. The van der Waals surface area contributed by atoms with Crippen molar-refractivity contribution in [3.05, 3.63) is 89.3 Å². The Morgan fingerprint density at radius 3 is 2.44 bits per heavy atom. The second-order valence-corrected chi connectivity index (χ2v) is 7.63.